The standard InChI is InChI=1S/C13H21NS/c1-4-11-5-7-12(8-6-11)15-10-9-13(2,3)14/h5-8H,4,9-10,14H2,1-3H3. The van der Waals surface area contributed by atoms with E-state index in [1.165, 1.54) is 10.5 Å². The van der Waals surface area contributed by atoms with E-state index >= 15 is 0 Å². The molecular formula is C13H21NS. The number of rotatable bonds is 5. The van der Waals surface area contributed by atoms with Gasteiger partial charge in [0.2, 0.25) is 0 Å². The molecule has 0 spiro atoms. The van der Waals surface area contributed by atoms with Gasteiger partial charge < -0.3 is 5.73 Å². The van der Waals surface area contributed by atoms with Crippen molar-refractivity contribution >= 4 is 11.8 Å². The quantitative estimate of drug-likeness (QED) is 0.774. The highest BCUT2D eigenvalue weighted by atomic mass is 32.2. The van der Waals surface area contributed by atoms with Crippen molar-refractivity contribution in [1.82, 2.24) is 0 Å². The zero-order valence-electron chi connectivity index (χ0n) is 9.92. The lowest BCUT2D eigenvalue weighted by molar-refractivity contribution is 0.506. The summed E-state index contributed by atoms with van der Waals surface area (Å²) in [7, 11) is 0. The number of nitrogens with two attached hydrogens (primary N) is 1. The monoisotopic (exact) mass is 223 g/mol. The smallest absolute Gasteiger partial charge is 0.0105 e. The van der Waals surface area contributed by atoms with Gasteiger partial charge >= 0.3 is 0 Å². The molecule has 0 aliphatic carbocycles. The van der Waals surface area contributed by atoms with E-state index in [9.17, 15) is 0 Å². The highest BCUT2D eigenvalue weighted by Gasteiger charge is 2.09. The van der Waals surface area contributed by atoms with E-state index in [1.54, 1.807) is 0 Å². The summed E-state index contributed by atoms with van der Waals surface area (Å²) in [5, 5.41) is 0. The van der Waals surface area contributed by atoms with Crippen molar-refractivity contribution in [3.63, 3.8) is 0 Å². The predicted molar refractivity (Wildman–Crippen MR) is 69.4 cm³/mol. The molecule has 0 aliphatic rings. The Morgan fingerprint density at radius 1 is 1.20 bits per heavy atom. The average molecular weight is 223 g/mol. The first-order chi connectivity index (χ1) is 7.01. The van der Waals surface area contributed by atoms with Crippen LogP contribution in [0.2, 0.25) is 0 Å². The van der Waals surface area contributed by atoms with E-state index < -0.39 is 0 Å². The number of hydrogen-bond donors (Lipinski definition) is 1. The summed E-state index contributed by atoms with van der Waals surface area (Å²) in [5.41, 5.74) is 7.29. The number of aryl methyl sites for hydroxylation is 1. The molecule has 0 saturated carbocycles. The minimum absolute atomic E-state index is 0.0453. The van der Waals surface area contributed by atoms with Gasteiger partial charge in [0.25, 0.3) is 0 Å². The van der Waals surface area contributed by atoms with Crippen molar-refractivity contribution < 1.29 is 0 Å². The van der Waals surface area contributed by atoms with Crippen LogP contribution in [-0.4, -0.2) is 11.3 Å². The Bertz CT molecular complexity index is 284. The molecule has 1 rings (SSSR count). The van der Waals surface area contributed by atoms with Crippen LogP contribution in [0.4, 0.5) is 0 Å². The van der Waals surface area contributed by atoms with E-state index in [0.29, 0.717) is 0 Å². The molecule has 0 heterocycles. The molecule has 15 heavy (non-hydrogen) atoms. The second-order valence-corrected chi connectivity index (χ2v) is 5.75. The lowest BCUT2D eigenvalue weighted by atomic mass is 10.0. The second-order valence-electron chi connectivity index (χ2n) is 4.58. The Morgan fingerprint density at radius 3 is 2.27 bits per heavy atom. The zero-order valence-corrected chi connectivity index (χ0v) is 10.7. The molecule has 84 valence electrons. The molecule has 0 aromatic heterocycles. The summed E-state index contributed by atoms with van der Waals surface area (Å²) in [6.07, 6.45) is 2.16. The fourth-order valence-electron chi connectivity index (χ4n) is 1.25. The van der Waals surface area contributed by atoms with Crippen LogP contribution in [0.1, 0.15) is 32.8 Å². The van der Waals surface area contributed by atoms with Gasteiger partial charge in [-0.25, -0.2) is 0 Å². The lowest BCUT2D eigenvalue weighted by Gasteiger charge is -2.17. The van der Waals surface area contributed by atoms with Gasteiger partial charge in [-0.2, -0.15) is 0 Å². The summed E-state index contributed by atoms with van der Waals surface area (Å²) < 4.78 is 0. The highest BCUT2D eigenvalue weighted by molar-refractivity contribution is 7.99. The Kier molecular flexibility index (Phi) is 4.68. The van der Waals surface area contributed by atoms with Crippen LogP contribution < -0.4 is 5.73 Å². The van der Waals surface area contributed by atoms with Crippen molar-refractivity contribution in [3.05, 3.63) is 29.8 Å². The molecule has 0 unspecified atom stereocenters. The lowest BCUT2D eigenvalue weighted by Crippen LogP contribution is -2.32. The first-order valence-electron chi connectivity index (χ1n) is 5.52. The Balaban J connectivity index is 2.38. The van der Waals surface area contributed by atoms with Crippen LogP contribution in [0, 0.1) is 0 Å². The van der Waals surface area contributed by atoms with Gasteiger partial charge in [-0.3, -0.25) is 0 Å². The normalized spacial score (nSPS) is 11.7. The Hall–Kier alpha value is -0.470. The fourth-order valence-corrected chi connectivity index (χ4v) is 2.45. The van der Waals surface area contributed by atoms with E-state index in [1.807, 2.05) is 11.8 Å². The van der Waals surface area contributed by atoms with E-state index in [4.69, 9.17) is 5.73 Å². The van der Waals surface area contributed by atoms with Crippen molar-refractivity contribution in [1.29, 1.82) is 0 Å². The zero-order chi connectivity index (χ0) is 11.3. The molecule has 0 bridgehead atoms. The minimum atomic E-state index is -0.0453. The number of hydrogen-bond acceptors (Lipinski definition) is 2. The summed E-state index contributed by atoms with van der Waals surface area (Å²) in [4.78, 5) is 1.34. The van der Waals surface area contributed by atoms with Crippen molar-refractivity contribution in [3.8, 4) is 0 Å². The van der Waals surface area contributed by atoms with Crippen LogP contribution >= 0.6 is 11.8 Å². The molecule has 1 aromatic carbocycles. The van der Waals surface area contributed by atoms with Crippen LogP contribution in [-0.2, 0) is 6.42 Å². The molecule has 0 radical (unpaired) electrons. The molecule has 1 aromatic rings. The first kappa shape index (κ1) is 12.6. The third-order valence-corrected chi connectivity index (χ3v) is 3.36. The summed E-state index contributed by atoms with van der Waals surface area (Å²) in [5.74, 6) is 1.09. The topological polar surface area (TPSA) is 26.0 Å². The molecule has 0 amide bonds. The molecule has 0 fully saturated rings. The summed E-state index contributed by atoms with van der Waals surface area (Å²) in [6, 6.07) is 8.81. The van der Waals surface area contributed by atoms with Crippen LogP contribution in [0.5, 0.6) is 0 Å². The Morgan fingerprint density at radius 2 is 1.80 bits per heavy atom. The Labute approximate surface area is 97.4 Å². The molecule has 1 nitrogen and oxygen atoms in total. The third-order valence-electron chi connectivity index (χ3n) is 2.35. The van der Waals surface area contributed by atoms with Gasteiger partial charge in [-0.1, -0.05) is 19.1 Å². The number of benzene rings is 1. The van der Waals surface area contributed by atoms with Crippen LogP contribution in [0.3, 0.4) is 0 Å². The largest absolute Gasteiger partial charge is 0.326 e. The summed E-state index contributed by atoms with van der Waals surface area (Å²) >= 11 is 1.89. The van der Waals surface area contributed by atoms with Crippen molar-refractivity contribution in [2.45, 2.75) is 44.0 Å². The van der Waals surface area contributed by atoms with E-state index in [2.05, 4.69) is 45.0 Å². The molecular weight excluding hydrogens is 202 g/mol. The first-order valence-corrected chi connectivity index (χ1v) is 6.50. The molecule has 0 aliphatic heterocycles. The fraction of sp³-hybridized carbons (Fsp3) is 0.538. The third kappa shape index (κ3) is 5.24. The molecule has 0 saturated heterocycles. The SMILES string of the molecule is CCc1ccc(SCCC(C)(C)N)cc1. The minimum Gasteiger partial charge on any atom is -0.326 e. The van der Waals surface area contributed by atoms with E-state index in [-0.39, 0.29) is 5.54 Å². The maximum Gasteiger partial charge on any atom is 0.0105 e. The average Bonchev–Trinajstić information content (AvgIpc) is 2.17. The maximum absolute atomic E-state index is 5.93. The van der Waals surface area contributed by atoms with Gasteiger partial charge in [0.15, 0.2) is 0 Å². The van der Waals surface area contributed by atoms with Gasteiger partial charge in [-0.15, -0.1) is 11.8 Å². The van der Waals surface area contributed by atoms with E-state index in [0.717, 1.165) is 18.6 Å². The molecule has 2 N–H and O–H groups in total. The molecule has 2 heteroatoms. The number of thioether (sulfide) groups is 1. The highest BCUT2D eigenvalue weighted by Crippen LogP contribution is 2.21. The van der Waals surface area contributed by atoms with Crippen LogP contribution in [0.25, 0.3) is 0 Å². The van der Waals surface area contributed by atoms with Gasteiger partial charge in [-0.05, 0) is 50.1 Å². The van der Waals surface area contributed by atoms with Crippen LogP contribution in [0.15, 0.2) is 29.2 Å². The van der Waals surface area contributed by atoms with Gasteiger partial charge in [0.05, 0.1) is 0 Å². The maximum atomic E-state index is 5.93. The van der Waals surface area contributed by atoms with Gasteiger partial charge in [0.1, 0.15) is 0 Å². The molecule has 0 atom stereocenters. The second kappa shape index (κ2) is 5.57. The van der Waals surface area contributed by atoms with Gasteiger partial charge in [0, 0.05) is 10.4 Å². The summed E-state index contributed by atoms with van der Waals surface area (Å²) in [6.45, 7) is 6.33. The van der Waals surface area contributed by atoms with Crippen molar-refractivity contribution in [2.24, 2.45) is 5.73 Å². The predicted octanol–water partition coefficient (Wildman–Crippen LogP) is 3.47. The van der Waals surface area contributed by atoms with Crippen molar-refractivity contribution in [2.75, 3.05) is 5.75 Å².